The molecule has 0 saturated carbocycles. The zero-order valence-electron chi connectivity index (χ0n) is 14.6. The number of aryl methyl sites for hydroxylation is 2. The van der Waals surface area contributed by atoms with Gasteiger partial charge in [-0.2, -0.15) is 0 Å². The first-order valence-electron chi connectivity index (χ1n) is 8.30. The number of nitrogens with two attached hydrogens (primary N) is 1. The lowest BCUT2D eigenvalue weighted by Crippen LogP contribution is -2.41. The van der Waals surface area contributed by atoms with Gasteiger partial charge in [-0.1, -0.05) is 18.0 Å². The maximum atomic E-state index is 13.0. The molecule has 3 heterocycles. The van der Waals surface area contributed by atoms with E-state index in [9.17, 15) is 9.59 Å². The molecule has 0 aliphatic rings. The molecule has 3 rings (SSSR count). The minimum atomic E-state index is -0.541. The van der Waals surface area contributed by atoms with E-state index in [0.29, 0.717) is 23.2 Å². The number of pyridine rings is 2. The van der Waals surface area contributed by atoms with Gasteiger partial charge >= 0.3 is 5.97 Å². The first-order chi connectivity index (χ1) is 12.0. The standard InChI is InChI=1S/C18H20N4O3/c1-4-8-21-15(19)12(18(24)25-5-2)9-13-16(21)20-14-7-6-11(3)10-22(14)17(13)23/h6-7,9-10,19H,4-5,8H2,1-3H3/p+1. The molecule has 25 heavy (non-hydrogen) atoms. The van der Waals surface area contributed by atoms with E-state index in [1.165, 1.54) is 10.5 Å². The van der Waals surface area contributed by atoms with Crippen molar-refractivity contribution < 1.29 is 14.1 Å². The number of hydrogen-bond acceptors (Lipinski definition) is 5. The molecule has 3 aromatic rings. The summed E-state index contributed by atoms with van der Waals surface area (Å²) in [7, 11) is 0. The van der Waals surface area contributed by atoms with Gasteiger partial charge in [-0.15, -0.1) is 0 Å². The summed E-state index contributed by atoms with van der Waals surface area (Å²) >= 11 is 0. The maximum Gasteiger partial charge on any atom is 0.344 e. The minimum absolute atomic E-state index is 0.189. The van der Waals surface area contributed by atoms with Gasteiger partial charge < -0.3 is 10.5 Å². The van der Waals surface area contributed by atoms with E-state index >= 15 is 0 Å². The highest BCUT2D eigenvalue weighted by molar-refractivity contribution is 5.96. The van der Waals surface area contributed by atoms with Crippen LogP contribution in [0.5, 0.6) is 0 Å². The fourth-order valence-electron chi connectivity index (χ4n) is 2.88. The van der Waals surface area contributed by atoms with Gasteiger partial charge in [-0.05, 0) is 38.0 Å². The summed E-state index contributed by atoms with van der Waals surface area (Å²) in [5.41, 5.74) is 8.10. The number of fused-ring (bicyclic) bond motifs is 2. The number of ether oxygens (including phenoxy) is 1. The minimum Gasteiger partial charge on any atom is -0.462 e. The average Bonchev–Trinajstić information content (AvgIpc) is 2.58. The van der Waals surface area contributed by atoms with Crippen molar-refractivity contribution in [3.8, 4) is 0 Å². The maximum absolute atomic E-state index is 13.0. The molecule has 0 atom stereocenters. The van der Waals surface area contributed by atoms with E-state index < -0.39 is 5.97 Å². The zero-order chi connectivity index (χ0) is 18.1. The number of carbonyl (C=O) groups is 1. The van der Waals surface area contributed by atoms with Gasteiger partial charge in [0.05, 0.1) is 13.2 Å². The number of nitrogens with zero attached hydrogens (tertiary/aromatic N) is 3. The molecule has 0 spiro atoms. The molecule has 3 aromatic heterocycles. The molecule has 7 heteroatoms. The highest BCUT2D eigenvalue weighted by Gasteiger charge is 2.24. The Hall–Kier alpha value is -2.96. The number of carbonyl (C=O) groups excluding carboxylic acids is 1. The molecule has 0 radical (unpaired) electrons. The molecule has 2 N–H and O–H groups in total. The van der Waals surface area contributed by atoms with Crippen molar-refractivity contribution in [3.05, 3.63) is 45.9 Å². The number of esters is 1. The Bertz CT molecular complexity index is 1040. The van der Waals surface area contributed by atoms with Gasteiger partial charge in [-0.25, -0.2) is 9.36 Å². The fourth-order valence-corrected chi connectivity index (χ4v) is 2.88. The summed E-state index contributed by atoms with van der Waals surface area (Å²) in [5, 5.41) is 0.341. The molecule has 0 aliphatic carbocycles. The van der Waals surface area contributed by atoms with E-state index in [2.05, 4.69) is 4.98 Å². The first-order valence-corrected chi connectivity index (χ1v) is 8.30. The Morgan fingerprint density at radius 3 is 2.80 bits per heavy atom. The van der Waals surface area contributed by atoms with Gasteiger partial charge in [0.25, 0.3) is 11.2 Å². The van der Waals surface area contributed by atoms with Crippen molar-refractivity contribution >= 4 is 28.5 Å². The predicted molar refractivity (Wildman–Crippen MR) is 94.6 cm³/mol. The second kappa shape index (κ2) is 6.51. The molecular formula is C18H21N4O3+. The lowest BCUT2D eigenvalue weighted by molar-refractivity contribution is -0.658. The summed E-state index contributed by atoms with van der Waals surface area (Å²) in [4.78, 5) is 29.8. The first kappa shape index (κ1) is 16.9. The van der Waals surface area contributed by atoms with Crippen molar-refractivity contribution in [2.75, 3.05) is 12.3 Å². The zero-order valence-corrected chi connectivity index (χ0v) is 14.6. The molecule has 0 bridgehead atoms. The number of hydrogen-bond donors (Lipinski definition) is 1. The van der Waals surface area contributed by atoms with Crippen LogP contribution in [0.4, 0.5) is 5.82 Å². The van der Waals surface area contributed by atoms with Gasteiger partial charge in [0, 0.05) is 6.20 Å². The van der Waals surface area contributed by atoms with E-state index in [0.717, 1.165) is 12.0 Å². The van der Waals surface area contributed by atoms with Crippen LogP contribution < -0.4 is 15.9 Å². The van der Waals surface area contributed by atoms with Crippen molar-refractivity contribution in [2.24, 2.45) is 0 Å². The normalized spacial score (nSPS) is 11.2. The van der Waals surface area contributed by atoms with E-state index in [1.807, 2.05) is 19.9 Å². The Kier molecular flexibility index (Phi) is 4.39. The number of rotatable bonds is 4. The summed E-state index contributed by atoms with van der Waals surface area (Å²) in [6, 6.07) is 5.18. The molecule has 0 unspecified atom stereocenters. The SMILES string of the molecule is CCC[n+]1c(N)c(C(=O)OCC)cc2c(=O)n3cc(C)ccc3nc21. The van der Waals surface area contributed by atoms with Crippen LogP contribution in [-0.4, -0.2) is 22.0 Å². The number of aromatic nitrogens is 3. The second-order valence-electron chi connectivity index (χ2n) is 5.90. The van der Waals surface area contributed by atoms with Gasteiger partial charge in [0.1, 0.15) is 10.9 Å². The summed E-state index contributed by atoms with van der Waals surface area (Å²) in [5.74, 6) is -0.281. The lowest BCUT2D eigenvalue weighted by atomic mass is 10.2. The molecule has 7 nitrogen and oxygen atoms in total. The smallest absolute Gasteiger partial charge is 0.344 e. The Labute approximate surface area is 144 Å². The topological polar surface area (TPSA) is 90.6 Å². The van der Waals surface area contributed by atoms with Crippen molar-refractivity contribution in [1.82, 2.24) is 9.38 Å². The number of nitrogen functional groups attached to an aromatic ring is 1. The van der Waals surface area contributed by atoms with Crippen LogP contribution in [-0.2, 0) is 11.3 Å². The molecule has 0 aromatic carbocycles. The van der Waals surface area contributed by atoms with Crippen LogP contribution in [0.1, 0.15) is 36.2 Å². The Morgan fingerprint density at radius 2 is 2.12 bits per heavy atom. The van der Waals surface area contributed by atoms with Crippen LogP contribution in [0, 0.1) is 6.92 Å². The van der Waals surface area contributed by atoms with E-state index in [-0.39, 0.29) is 23.5 Å². The van der Waals surface area contributed by atoms with Gasteiger partial charge in [-0.3, -0.25) is 9.20 Å². The lowest BCUT2D eigenvalue weighted by Gasteiger charge is -2.11. The molecule has 0 saturated heterocycles. The summed E-state index contributed by atoms with van der Waals surface area (Å²) in [6.45, 7) is 6.40. The van der Waals surface area contributed by atoms with E-state index in [1.54, 1.807) is 23.8 Å². The van der Waals surface area contributed by atoms with Crippen molar-refractivity contribution in [1.29, 1.82) is 0 Å². The predicted octanol–water partition coefficient (Wildman–Crippen LogP) is 1.61. The second-order valence-corrected chi connectivity index (χ2v) is 5.90. The molecule has 0 amide bonds. The van der Waals surface area contributed by atoms with Gasteiger partial charge in [0.2, 0.25) is 11.5 Å². The Balaban J connectivity index is 2.44. The van der Waals surface area contributed by atoms with Crippen LogP contribution in [0.25, 0.3) is 16.7 Å². The van der Waals surface area contributed by atoms with Crippen LogP contribution in [0.3, 0.4) is 0 Å². The third-order valence-electron chi connectivity index (χ3n) is 4.04. The van der Waals surface area contributed by atoms with Crippen molar-refractivity contribution in [2.45, 2.75) is 33.7 Å². The molecule has 130 valence electrons. The summed E-state index contributed by atoms with van der Waals surface area (Å²) in [6.07, 6.45) is 2.51. The van der Waals surface area contributed by atoms with Gasteiger partial charge in [0.15, 0.2) is 0 Å². The highest BCUT2D eigenvalue weighted by atomic mass is 16.5. The van der Waals surface area contributed by atoms with Crippen LogP contribution >= 0.6 is 0 Å². The van der Waals surface area contributed by atoms with Crippen LogP contribution in [0.15, 0.2) is 29.2 Å². The van der Waals surface area contributed by atoms with Crippen molar-refractivity contribution in [3.63, 3.8) is 0 Å². The third-order valence-corrected chi connectivity index (χ3v) is 4.04. The van der Waals surface area contributed by atoms with Crippen LogP contribution in [0.2, 0.25) is 0 Å². The molecular weight excluding hydrogens is 320 g/mol. The highest BCUT2D eigenvalue weighted by Crippen LogP contribution is 2.16. The average molecular weight is 341 g/mol. The largest absolute Gasteiger partial charge is 0.462 e. The molecule has 0 fully saturated rings. The third kappa shape index (κ3) is 2.82. The Morgan fingerprint density at radius 1 is 1.36 bits per heavy atom. The number of anilines is 1. The fraction of sp³-hybridized carbons (Fsp3) is 0.333. The molecule has 0 aliphatic heterocycles. The monoisotopic (exact) mass is 341 g/mol. The van der Waals surface area contributed by atoms with E-state index in [4.69, 9.17) is 10.5 Å². The summed E-state index contributed by atoms with van der Waals surface area (Å²) < 4.78 is 8.27. The quantitative estimate of drug-likeness (QED) is 0.442.